The molecule has 232 valence electrons. The van der Waals surface area contributed by atoms with Crippen LogP contribution in [0.2, 0.25) is 5.02 Å². The third-order valence-corrected chi connectivity index (χ3v) is 7.38. The zero-order chi connectivity index (χ0) is 30.8. The standard InChI is InChI=1S/C31H42ClN7O4/c1-6-31(40)37-24-16-25(28(41-5)17-26(24)39(4)12-11-38(2)3)36-30-18-29(33-20-34-30)35-22-7-8-27(23(32)15-22)43-19-21-9-13-42-14-10-21/h6-8,15-18,20-21,31,37,40H,1,9-14,19H2,2-5H3,(H2,33,34,35,36). The van der Waals surface area contributed by atoms with Crippen molar-refractivity contribution in [2.75, 3.05) is 82.0 Å². The lowest BCUT2D eigenvalue weighted by Crippen LogP contribution is -2.29. The van der Waals surface area contributed by atoms with E-state index in [1.54, 1.807) is 13.2 Å². The molecule has 3 aromatic rings. The summed E-state index contributed by atoms with van der Waals surface area (Å²) in [5, 5.41) is 20.5. The van der Waals surface area contributed by atoms with Crippen molar-refractivity contribution in [1.29, 1.82) is 0 Å². The molecule has 1 aliphatic heterocycles. The monoisotopic (exact) mass is 611 g/mol. The number of rotatable bonds is 15. The number of likely N-dealkylation sites (N-methyl/N-ethyl adjacent to an activating group) is 2. The molecule has 0 spiro atoms. The van der Waals surface area contributed by atoms with E-state index in [9.17, 15) is 5.11 Å². The third-order valence-electron chi connectivity index (χ3n) is 7.09. The molecular weight excluding hydrogens is 570 g/mol. The fourth-order valence-corrected chi connectivity index (χ4v) is 4.79. The van der Waals surface area contributed by atoms with Crippen molar-refractivity contribution in [1.82, 2.24) is 14.9 Å². The van der Waals surface area contributed by atoms with Gasteiger partial charge in [0.1, 0.15) is 35.7 Å². The summed E-state index contributed by atoms with van der Waals surface area (Å²) in [5.74, 6) is 2.86. The number of aromatic nitrogens is 2. The van der Waals surface area contributed by atoms with Crippen molar-refractivity contribution in [2.45, 2.75) is 19.1 Å². The van der Waals surface area contributed by atoms with Gasteiger partial charge in [-0.05, 0) is 63.2 Å². The smallest absolute Gasteiger partial charge is 0.144 e. The number of hydrogen-bond donors (Lipinski definition) is 4. The second kappa shape index (κ2) is 15.6. The fourth-order valence-electron chi connectivity index (χ4n) is 4.55. The van der Waals surface area contributed by atoms with E-state index >= 15 is 0 Å². The Morgan fingerprint density at radius 1 is 1.05 bits per heavy atom. The van der Waals surface area contributed by atoms with Crippen LogP contribution < -0.4 is 30.3 Å². The second-order valence-corrected chi connectivity index (χ2v) is 11.1. The number of methoxy groups -OCH3 is 1. The SMILES string of the molecule is C=CC(O)Nc1cc(Nc2cc(Nc3ccc(OCC4CCOCC4)c(Cl)c3)ncn2)c(OC)cc1N(C)CCN(C)C. The lowest BCUT2D eigenvalue weighted by molar-refractivity contribution is 0.0498. The maximum absolute atomic E-state index is 10.3. The number of nitrogens with one attached hydrogen (secondary N) is 3. The number of ether oxygens (including phenoxy) is 3. The first-order chi connectivity index (χ1) is 20.7. The highest BCUT2D eigenvalue weighted by Crippen LogP contribution is 2.38. The largest absolute Gasteiger partial charge is 0.494 e. The number of aliphatic hydroxyl groups is 1. The minimum Gasteiger partial charge on any atom is -0.494 e. The van der Waals surface area contributed by atoms with Crippen molar-refractivity contribution in [3.8, 4) is 11.5 Å². The Labute approximate surface area is 258 Å². The molecule has 1 saturated heterocycles. The summed E-state index contributed by atoms with van der Waals surface area (Å²) >= 11 is 6.53. The van der Waals surface area contributed by atoms with Gasteiger partial charge in [0.05, 0.1) is 35.8 Å². The number of halogens is 1. The maximum atomic E-state index is 10.3. The van der Waals surface area contributed by atoms with Gasteiger partial charge in [0.25, 0.3) is 0 Å². The molecule has 1 atom stereocenters. The summed E-state index contributed by atoms with van der Waals surface area (Å²) in [7, 11) is 7.67. The Morgan fingerprint density at radius 3 is 2.47 bits per heavy atom. The molecule has 43 heavy (non-hydrogen) atoms. The van der Waals surface area contributed by atoms with Crippen LogP contribution in [0.1, 0.15) is 12.8 Å². The lowest BCUT2D eigenvalue weighted by Gasteiger charge is -2.27. The van der Waals surface area contributed by atoms with Crippen LogP contribution in [0.25, 0.3) is 0 Å². The van der Waals surface area contributed by atoms with Gasteiger partial charge in [0, 0.05) is 51.2 Å². The molecule has 4 rings (SSSR count). The Morgan fingerprint density at radius 2 is 1.79 bits per heavy atom. The molecule has 4 N–H and O–H groups in total. The molecule has 12 heteroatoms. The molecule has 0 radical (unpaired) electrons. The number of aliphatic hydroxyl groups excluding tert-OH is 1. The quantitative estimate of drug-likeness (QED) is 0.132. The fraction of sp³-hybridized carbons (Fsp3) is 0.419. The van der Waals surface area contributed by atoms with Gasteiger partial charge in [-0.3, -0.25) is 0 Å². The molecular formula is C31H42ClN7O4. The third kappa shape index (κ3) is 9.36. The number of nitrogens with zero attached hydrogens (tertiary/aromatic N) is 4. The van der Waals surface area contributed by atoms with Gasteiger partial charge in [0.2, 0.25) is 0 Å². The summed E-state index contributed by atoms with van der Waals surface area (Å²) < 4.78 is 17.1. The van der Waals surface area contributed by atoms with Crippen LogP contribution >= 0.6 is 11.6 Å². The Bertz CT molecular complexity index is 1350. The van der Waals surface area contributed by atoms with Gasteiger partial charge in [-0.25, -0.2) is 9.97 Å². The number of anilines is 6. The molecule has 11 nitrogen and oxygen atoms in total. The van der Waals surface area contributed by atoms with Crippen molar-refractivity contribution in [2.24, 2.45) is 5.92 Å². The average Bonchev–Trinajstić information content (AvgIpc) is 3.00. The van der Waals surface area contributed by atoms with Crippen molar-refractivity contribution < 1.29 is 19.3 Å². The van der Waals surface area contributed by atoms with Gasteiger partial charge in [-0.2, -0.15) is 0 Å². The zero-order valence-electron chi connectivity index (χ0n) is 25.3. The van der Waals surface area contributed by atoms with Crippen LogP contribution in [0.5, 0.6) is 11.5 Å². The molecule has 0 bridgehead atoms. The predicted octanol–water partition coefficient (Wildman–Crippen LogP) is 5.35. The van der Waals surface area contributed by atoms with E-state index in [0.717, 1.165) is 50.5 Å². The Balaban J connectivity index is 1.49. The Hall–Kier alpha value is -3.77. The van der Waals surface area contributed by atoms with E-state index in [2.05, 4.69) is 42.3 Å². The van der Waals surface area contributed by atoms with Crippen molar-refractivity contribution in [3.05, 3.63) is 60.4 Å². The van der Waals surface area contributed by atoms with E-state index in [-0.39, 0.29) is 0 Å². The minimum absolute atomic E-state index is 0.479. The maximum Gasteiger partial charge on any atom is 0.144 e. The molecule has 2 aromatic carbocycles. The molecule has 1 unspecified atom stereocenters. The van der Waals surface area contributed by atoms with Crippen molar-refractivity contribution in [3.63, 3.8) is 0 Å². The van der Waals surface area contributed by atoms with E-state index in [1.807, 2.05) is 51.5 Å². The summed E-state index contributed by atoms with van der Waals surface area (Å²) in [5.41, 5.74) is 3.00. The van der Waals surface area contributed by atoms with Crippen LogP contribution in [-0.2, 0) is 4.74 Å². The highest BCUT2D eigenvalue weighted by atomic mass is 35.5. The summed E-state index contributed by atoms with van der Waals surface area (Å²) in [6.07, 6.45) is 3.97. The van der Waals surface area contributed by atoms with Crippen LogP contribution in [0.15, 0.2) is 55.4 Å². The van der Waals surface area contributed by atoms with Gasteiger partial charge in [-0.1, -0.05) is 18.2 Å². The lowest BCUT2D eigenvalue weighted by atomic mass is 10.0. The molecule has 0 amide bonds. The topological polar surface area (TPSA) is 116 Å². The molecule has 1 aliphatic rings. The molecule has 2 heterocycles. The first-order valence-electron chi connectivity index (χ1n) is 14.3. The molecule has 1 fully saturated rings. The molecule has 1 aromatic heterocycles. The van der Waals surface area contributed by atoms with E-state index in [0.29, 0.717) is 52.1 Å². The van der Waals surface area contributed by atoms with Crippen molar-refractivity contribution >= 4 is 46.0 Å². The van der Waals surface area contributed by atoms with Crippen LogP contribution in [-0.4, -0.2) is 87.4 Å². The normalized spacial score (nSPS) is 14.2. The Kier molecular flexibility index (Phi) is 11.7. The van der Waals surface area contributed by atoms with Crippen LogP contribution in [0, 0.1) is 5.92 Å². The van der Waals surface area contributed by atoms with E-state index in [4.69, 9.17) is 25.8 Å². The number of benzene rings is 2. The summed E-state index contributed by atoms with van der Waals surface area (Å²) in [6.45, 7) is 7.50. The first-order valence-corrected chi connectivity index (χ1v) is 14.6. The van der Waals surface area contributed by atoms with E-state index < -0.39 is 6.23 Å². The first kappa shape index (κ1) is 32.2. The van der Waals surface area contributed by atoms with Gasteiger partial charge in [0.15, 0.2) is 0 Å². The minimum atomic E-state index is -0.928. The molecule has 0 aliphatic carbocycles. The average molecular weight is 612 g/mol. The van der Waals surface area contributed by atoms with Crippen LogP contribution in [0.3, 0.4) is 0 Å². The predicted molar refractivity (Wildman–Crippen MR) is 174 cm³/mol. The zero-order valence-corrected chi connectivity index (χ0v) is 26.0. The second-order valence-electron chi connectivity index (χ2n) is 10.7. The summed E-state index contributed by atoms with van der Waals surface area (Å²) in [4.78, 5) is 13.0. The summed E-state index contributed by atoms with van der Waals surface area (Å²) in [6, 6.07) is 11.2. The highest BCUT2D eigenvalue weighted by Gasteiger charge is 2.17. The number of hydrogen-bond acceptors (Lipinski definition) is 11. The van der Waals surface area contributed by atoms with Gasteiger partial charge < -0.3 is 45.1 Å². The molecule has 0 saturated carbocycles. The van der Waals surface area contributed by atoms with Gasteiger partial charge in [-0.15, -0.1) is 0 Å². The highest BCUT2D eigenvalue weighted by molar-refractivity contribution is 6.32. The van der Waals surface area contributed by atoms with E-state index in [1.165, 1.54) is 12.4 Å². The van der Waals surface area contributed by atoms with Crippen LogP contribution in [0.4, 0.5) is 34.4 Å². The van der Waals surface area contributed by atoms with Gasteiger partial charge >= 0.3 is 0 Å².